The molecule has 1 nitrogen and oxygen atoms in total. The molecule has 1 rings (SSSR count). The predicted octanol–water partition coefficient (Wildman–Crippen LogP) is 4.79. The van der Waals surface area contributed by atoms with Crippen LogP contribution in [0.15, 0.2) is 18.2 Å². The summed E-state index contributed by atoms with van der Waals surface area (Å²) < 4.78 is 41.7. The van der Waals surface area contributed by atoms with E-state index in [1.165, 1.54) is 6.07 Å². The molecular formula is C12H14ClF3O. The highest BCUT2D eigenvalue weighted by molar-refractivity contribution is 6.32. The van der Waals surface area contributed by atoms with Crippen LogP contribution in [0.4, 0.5) is 13.2 Å². The molecule has 0 heterocycles. The molecule has 0 saturated heterocycles. The van der Waals surface area contributed by atoms with E-state index < -0.39 is 12.3 Å². The normalized spacial score (nSPS) is 13.9. The Hall–Kier alpha value is -0.900. The Balaban J connectivity index is 2.87. The number of ether oxygens (including phenoxy) is 1. The third-order valence-corrected chi connectivity index (χ3v) is 2.68. The van der Waals surface area contributed by atoms with Gasteiger partial charge in [0.05, 0.1) is 5.02 Å². The van der Waals surface area contributed by atoms with E-state index in [1.807, 2.05) is 13.8 Å². The Bertz CT molecular complexity index is 388. The summed E-state index contributed by atoms with van der Waals surface area (Å²) in [6, 6.07) is 4.82. The van der Waals surface area contributed by atoms with Crippen molar-refractivity contribution in [1.29, 1.82) is 0 Å². The number of hydrogen-bond acceptors (Lipinski definition) is 1. The fourth-order valence-electron chi connectivity index (χ4n) is 1.23. The average Bonchev–Trinajstić information content (AvgIpc) is 2.19. The monoisotopic (exact) mass is 266 g/mol. The van der Waals surface area contributed by atoms with E-state index >= 15 is 0 Å². The molecule has 0 N–H and O–H groups in total. The van der Waals surface area contributed by atoms with Crippen molar-refractivity contribution in [3.05, 3.63) is 28.8 Å². The van der Waals surface area contributed by atoms with E-state index in [4.69, 9.17) is 16.3 Å². The summed E-state index contributed by atoms with van der Waals surface area (Å²) in [5.74, 6) is 0.322. The van der Waals surface area contributed by atoms with Gasteiger partial charge in [0, 0.05) is 0 Å². The van der Waals surface area contributed by atoms with E-state index in [-0.39, 0.29) is 16.7 Å². The molecule has 0 spiro atoms. The molecule has 0 saturated carbocycles. The standard InChI is InChI=1S/C12H14ClF3O/c1-7(2)9-4-5-11(10(13)6-9)17-8(3)12(14,15)16/h4-8H,1-3H3. The average molecular weight is 267 g/mol. The van der Waals surface area contributed by atoms with Crippen molar-refractivity contribution >= 4 is 11.6 Å². The van der Waals surface area contributed by atoms with Gasteiger partial charge in [-0.1, -0.05) is 31.5 Å². The number of halogens is 4. The van der Waals surface area contributed by atoms with Crippen LogP contribution in [0.3, 0.4) is 0 Å². The molecule has 0 amide bonds. The Morgan fingerprint density at radius 1 is 1.18 bits per heavy atom. The van der Waals surface area contributed by atoms with E-state index in [1.54, 1.807) is 12.1 Å². The van der Waals surface area contributed by atoms with Gasteiger partial charge >= 0.3 is 6.18 Å². The van der Waals surface area contributed by atoms with E-state index in [0.717, 1.165) is 12.5 Å². The van der Waals surface area contributed by atoms with Gasteiger partial charge in [0.1, 0.15) is 5.75 Å². The summed E-state index contributed by atoms with van der Waals surface area (Å²) in [5.41, 5.74) is 0.960. The molecule has 1 unspecified atom stereocenters. The highest BCUT2D eigenvalue weighted by Crippen LogP contribution is 2.32. The first kappa shape index (κ1) is 14.2. The Labute approximate surface area is 104 Å². The zero-order valence-electron chi connectivity index (χ0n) is 9.81. The van der Waals surface area contributed by atoms with Crippen LogP contribution in [0.25, 0.3) is 0 Å². The third-order valence-electron chi connectivity index (χ3n) is 2.39. The van der Waals surface area contributed by atoms with Gasteiger partial charge < -0.3 is 4.74 Å². The van der Waals surface area contributed by atoms with Gasteiger partial charge in [-0.25, -0.2) is 0 Å². The minimum Gasteiger partial charge on any atom is -0.480 e. The van der Waals surface area contributed by atoms with Crippen molar-refractivity contribution in [3.63, 3.8) is 0 Å². The maximum absolute atomic E-state index is 12.3. The quantitative estimate of drug-likeness (QED) is 0.764. The van der Waals surface area contributed by atoms with E-state index in [2.05, 4.69) is 0 Å². The second-order valence-electron chi connectivity index (χ2n) is 4.15. The molecule has 1 aromatic carbocycles. The number of alkyl halides is 3. The van der Waals surface area contributed by atoms with E-state index in [9.17, 15) is 13.2 Å². The van der Waals surface area contributed by atoms with Crippen molar-refractivity contribution in [1.82, 2.24) is 0 Å². The fraction of sp³-hybridized carbons (Fsp3) is 0.500. The second-order valence-corrected chi connectivity index (χ2v) is 4.55. The first-order valence-corrected chi connectivity index (χ1v) is 5.62. The smallest absolute Gasteiger partial charge is 0.425 e. The lowest BCUT2D eigenvalue weighted by Gasteiger charge is -2.19. The van der Waals surface area contributed by atoms with Crippen molar-refractivity contribution in [2.75, 3.05) is 0 Å². The maximum Gasteiger partial charge on any atom is 0.425 e. The Kier molecular flexibility index (Phi) is 4.31. The molecule has 0 radical (unpaired) electrons. The topological polar surface area (TPSA) is 9.23 Å². The first-order chi connectivity index (χ1) is 7.71. The molecule has 0 aromatic heterocycles. The van der Waals surface area contributed by atoms with Gasteiger partial charge in [-0.3, -0.25) is 0 Å². The summed E-state index contributed by atoms with van der Waals surface area (Å²) in [7, 11) is 0. The highest BCUT2D eigenvalue weighted by atomic mass is 35.5. The lowest BCUT2D eigenvalue weighted by molar-refractivity contribution is -0.189. The van der Waals surface area contributed by atoms with Gasteiger partial charge in [0.15, 0.2) is 6.10 Å². The lowest BCUT2D eigenvalue weighted by Crippen LogP contribution is -2.31. The maximum atomic E-state index is 12.3. The van der Waals surface area contributed by atoms with Crippen LogP contribution in [-0.2, 0) is 0 Å². The molecule has 1 aromatic rings. The molecule has 5 heteroatoms. The second kappa shape index (κ2) is 5.17. The van der Waals surface area contributed by atoms with Crippen molar-refractivity contribution < 1.29 is 17.9 Å². The van der Waals surface area contributed by atoms with Gasteiger partial charge in [-0.05, 0) is 30.5 Å². The molecule has 0 bridgehead atoms. The highest BCUT2D eigenvalue weighted by Gasteiger charge is 2.38. The molecule has 96 valence electrons. The van der Waals surface area contributed by atoms with Crippen LogP contribution >= 0.6 is 11.6 Å². The fourth-order valence-corrected chi connectivity index (χ4v) is 1.46. The summed E-state index contributed by atoms with van der Waals surface area (Å²) in [5, 5.41) is 0.201. The van der Waals surface area contributed by atoms with Crippen molar-refractivity contribution in [2.45, 2.75) is 39.0 Å². The summed E-state index contributed by atoms with van der Waals surface area (Å²) in [6.45, 7) is 4.90. The van der Waals surface area contributed by atoms with Crippen LogP contribution < -0.4 is 4.74 Å². The number of hydrogen-bond donors (Lipinski definition) is 0. The van der Waals surface area contributed by atoms with Gasteiger partial charge in [-0.2, -0.15) is 13.2 Å². The van der Waals surface area contributed by atoms with E-state index in [0.29, 0.717) is 0 Å². The molecule has 1 atom stereocenters. The summed E-state index contributed by atoms with van der Waals surface area (Å²) in [4.78, 5) is 0. The molecule has 0 aliphatic carbocycles. The van der Waals surface area contributed by atoms with Crippen LogP contribution in [-0.4, -0.2) is 12.3 Å². The van der Waals surface area contributed by atoms with Crippen molar-refractivity contribution in [3.8, 4) is 5.75 Å². The first-order valence-electron chi connectivity index (χ1n) is 5.24. The molecule has 0 aliphatic heterocycles. The molecule has 0 fully saturated rings. The minimum absolute atomic E-state index is 0.0564. The lowest BCUT2D eigenvalue weighted by atomic mass is 10.0. The SMILES string of the molecule is CC(C)c1ccc(OC(C)C(F)(F)F)c(Cl)c1. The predicted molar refractivity (Wildman–Crippen MR) is 61.7 cm³/mol. The summed E-state index contributed by atoms with van der Waals surface area (Å²) in [6.07, 6.45) is -6.26. The van der Waals surface area contributed by atoms with Gasteiger partial charge in [0.2, 0.25) is 0 Å². The number of benzene rings is 1. The largest absolute Gasteiger partial charge is 0.480 e. The third kappa shape index (κ3) is 3.80. The zero-order valence-corrected chi connectivity index (χ0v) is 10.6. The Morgan fingerprint density at radius 3 is 2.18 bits per heavy atom. The zero-order chi connectivity index (χ0) is 13.2. The summed E-state index contributed by atoms with van der Waals surface area (Å²) >= 11 is 5.88. The molecule has 17 heavy (non-hydrogen) atoms. The van der Waals surface area contributed by atoms with Crippen LogP contribution in [0.5, 0.6) is 5.75 Å². The van der Waals surface area contributed by atoms with Crippen LogP contribution in [0, 0.1) is 0 Å². The molecular weight excluding hydrogens is 253 g/mol. The van der Waals surface area contributed by atoms with Crippen LogP contribution in [0.1, 0.15) is 32.3 Å². The molecule has 0 aliphatic rings. The van der Waals surface area contributed by atoms with Gasteiger partial charge in [-0.15, -0.1) is 0 Å². The minimum atomic E-state index is -4.39. The van der Waals surface area contributed by atoms with Gasteiger partial charge in [0.25, 0.3) is 0 Å². The van der Waals surface area contributed by atoms with Crippen molar-refractivity contribution in [2.24, 2.45) is 0 Å². The van der Waals surface area contributed by atoms with Crippen LogP contribution in [0.2, 0.25) is 5.02 Å². The number of rotatable bonds is 3. The Morgan fingerprint density at radius 2 is 1.76 bits per heavy atom.